The molecule has 0 aliphatic rings. The van der Waals surface area contributed by atoms with Crippen LogP contribution in [0.2, 0.25) is 0 Å². The highest BCUT2D eigenvalue weighted by Gasteiger charge is 2.16. The summed E-state index contributed by atoms with van der Waals surface area (Å²) in [6, 6.07) is 0. The fourth-order valence-corrected chi connectivity index (χ4v) is 0.361. The Balaban J connectivity index is 3.63. The molecule has 12 heavy (non-hydrogen) atoms. The second-order valence-electron chi connectivity index (χ2n) is 3.44. The summed E-state index contributed by atoms with van der Waals surface area (Å²) in [5.74, 6) is 0. The first-order chi connectivity index (χ1) is 5.48. The molecular weight excluding hydrogens is 152 g/mol. The molecule has 0 aliphatic carbocycles. The van der Waals surface area contributed by atoms with Gasteiger partial charge in [0.2, 0.25) is 0 Å². The molecule has 0 atom stereocenters. The normalized spacial score (nSPS) is 12.0. The maximum atomic E-state index is 5.10. The lowest BCUT2D eigenvalue weighted by molar-refractivity contribution is -0.316. The first-order valence-corrected chi connectivity index (χ1v) is 4.14. The summed E-state index contributed by atoms with van der Waals surface area (Å²) in [6.45, 7) is 11.6. The minimum atomic E-state index is -0.223. The highest BCUT2D eigenvalue weighted by atomic mass is 17.2. The van der Waals surface area contributed by atoms with Gasteiger partial charge < -0.3 is 4.89 Å². The second kappa shape index (κ2) is 4.99. The number of allylic oxidation sites excluding steroid dienone is 2. The first kappa shape index (κ1) is 11.2. The maximum Gasteiger partial charge on any atom is 0.129 e. The predicted octanol–water partition coefficient (Wildman–Crippen LogP) is 3.21. The topological polar surface area (TPSA) is 18.5 Å². The Morgan fingerprint density at radius 3 is 2.50 bits per heavy atom. The molecule has 2 nitrogen and oxygen atoms in total. The second-order valence-corrected chi connectivity index (χ2v) is 3.44. The van der Waals surface area contributed by atoms with Crippen LogP contribution >= 0.6 is 0 Å². The molecule has 70 valence electrons. The quantitative estimate of drug-likeness (QED) is 0.273. The van der Waals surface area contributed by atoms with Gasteiger partial charge in [-0.3, -0.25) is 0 Å². The number of hydrogen-bond acceptors (Lipinski definition) is 2. The van der Waals surface area contributed by atoms with E-state index in [1.807, 2.05) is 27.7 Å². The average Bonchev–Trinajstić information content (AvgIpc) is 1.98. The van der Waals surface area contributed by atoms with E-state index in [4.69, 9.17) is 9.78 Å². The minimum absolute atomic E-state index is 0.223. The van der Waals surface area contributed by atoms with Crippen LogP contribution in [0.4, 0.5) is 0 Å². The zero-order chi connectivity index (χ0) is 9.61. The third kappa shape index (κ3) is 5.98. The van der Waals surface area contributed by atoms with Gasteiger partial charge in [0.05, 0.1) is 0 Å². The van der Waals surface area contributed by atoms with Gasteiger partial charge in [-0.25, -0.2) is 0 Å². The summed E-state index contributed by atoms with van der Waals surface area (Å²) in [4.78, 5) is 9.96. The molecule has 0 amide bonds. The molecule has 0 aromatic carbocycles. The van der Waals surface area contributed by atoms with Gasteiger partial charge in [-0.1, -0.05) is 19.1 Å². The Hall–Kier alpha value is -0.760. The molecule has 0 spiro atoms. The van der Waals surface area contributed by atoms with Gasteiger partial charge >= 0.3 is 0 Å². The Bertz CT molecular complexity index is 169. The Morgan fingerprint density at radius 2 is 2.08 bits per heavy atom. The molecule has 0 rings (SSSR count). The van der Waals surface area contributed by atoms with Gasteiger partial charge in [-0.2, -0.15) is 4.89 Å². The van der Waals surface area contributed by atoms with Crippen molar-refractivity contribution in [2.75, 3.05) is 0 Å². The van der Waals surface area contributed by atoms with Crippen molar-refractivity contribution in [2.45, 2.75) is 39.7 Å². The third-order valence-electron chi connectivity index (χ3n) is 1.53. The van der Waals surface area contributed by atoms with Crippen LogP contribution in [0.25, 0.3) is 0 Å². The summed E-state index contributed by atoms with van der Waals surface area (Å²) in [5, 5.41) is 0. The SMILES string of the molecule is C=C(C)C=COOC(C)(C)CC. The van der Waals surface area contributed by atoms with Crippen LogP contribution < -0.4 is 0 Å². The van der Waals surface area contributed by atoms with Gasteiger partial charge in [-0.15, -0.1) is 0 Å². The van der Waals surface area contributed by atoms with Crippen molar-refractivity contribution in [1.82, 2.24) is 0 Å². The standard InChI is InChI=1S/C10H18O2/c1-6-10(4,5)12-11-8-7-9(2)3/h7-8H,2,6H2,1,3-5H3. The molecule has 0 aromatic heterocycles. The van der Waals surface area contributed by atoms with Crippen LogP contribution in [0.3, 0.4) is 0 Å². The number of hydrogen-bond donors (Lipinski definition) is 0. The van der Waals surface area contributed by atoms with Crippen molar-refractivity contribution >= 4 is 0 Å². The van der Waals surface area contributed by atoms with E-state index < -0.39 is 0 Å². The lowest BCUT2D eigenvalue weighted by Gasteiger charge is -2.19. The highest BCUT2D eigenvalue weighted by molar-refractivity contribution is 5.08. The van der Waals surface area contributed by atoms with E-state index in [-0.39, 0.29) is 5.60 Å². The molecule has 0 saturated carbocycles. The fourth-order valence-electron chi connectivity index (χ4n) is 0.361. The zero-order valence-corrected chi connectivity index (χ0v) is 8.39. The van der Waals surface area contributed by atoms with Crippen molar-refractivity contribution < 1.29 is 9.78 Å². The van der Waals surface area contributed by atoms with Crippen molar-refractivity contribution in [1.29, 1.82) is 0 Å². The monoisotopic (exact) mass is 170 g/mol. The molecular formula is C10H18O2. The van der Waals surface area contributed by atoms with Gasteiger partial charge in [0.1, 0.15) is 11.9 Å². The molecule has 0 bridgehead atoms. The van der Waals surface area contributed by atoms with Crippen LogP contribution in [-0.2, 0) is 9.78 Å². The van der Waals surface area contributed by atoms with Crippen LogP contribution in [-0.4, -0.2) is 5.60 Å². The molecule has 2 heteroatoms. The van der Waals surface area contributed by atoms with Gasteiger partial charge in [0, 0.05) is 0 Å². The van der Waals surface area contributed by atoms with E-state index in [1.54, 1.807) is 6.08 Å². The van der Waals surface area contributed by atoms with E-state index in [9.17, 15) is 0 Å². The smallest absolute Gasteiger partial charge is 0.129 e. The molecule has 0 unspecified atom stereocenters. The van der Waals surface area contributed by atoms with Gasteiger partial charge in [-0.05, 0) is 33.3 Å². The number of rotatable bonds is 5. The van der Waals surface area contributed by atoms with E-state index in [0.717, 1.165) is 12.0 Å². The molecule has 0 saturated heterocycles. The Morgan fingerprint density at radius 1 is 1.50 bits per heavy atom. The van der Waals surface area contributed by atoms with Gasteiger partial charge in [0.25, 0.3) is 0 Å². The maximum absolute atomic E-state index is 5.10. The molecule has 0 fully saturated rings. The Kier molecular flexibility index (Phi) is 4.67. The van der Waals surface area contributed by atoms with Crippen LogP contribution in [0, 0.1) is 0 Å². The summed E-state index contributed by atoms with van der Waals surface area (Å²) < 4.78 is 0. The van der Waals surface area contributed by atoms with Crippen LogP contribution in [0.15, 0.2) is 24.5 Å². The Labute approximate surface area is 74.8 Å². The summed E-state index contributed by atoms with van der Waals surface area (Å²) in [5.41, 5.74) is 0.715. The predicted molar refractivity (Wildman–Crippen MR) is 50.5 cm³/mol. The first-order valence-electron chi connectivity index (χ1n) is 4.14. The van der Waals surface area contributed by atoms with Crippen molar-refractivity contribution in [3.8, 4) is 0 Å². The minimum Gasteiger partial charge on any atom is -0.345 e. The summed E-state index contributed by atoms with van der Waals surface area (Å²) in [6.07, 6.45) is 4.17. The molecule has 0 N–H and O–H groups in total. The van der Waals surface area contributed by atoms with Crippen molar-refractivity contribution in [3.05, 3.63) is 24.5 Å². The lowest BCUT2D eigenvalue weighted by atomic mass is 10.1. The summed E-state index contributed by atoms with van der Waals surface area (Å²) in [7, 11) is 0. The zero-order valence-electron chi connectivity index (χ0n) is 8.39. The molecule has 0 radical (unpaired) electrons. The van der Waals surface area contributed by atoms with Gasteiger partial charge in [0.15, 0.2) is 0 Å². The average molecular weight is 170 g/mol. The highest BCUT2D eigenvalue weighted by Crippen LogP contribution is 2.13. The third-order valence-corrected chi connectivity index (χ3v) is 1.53. The van der Waals surface area contributed by atoms with E-state index in [0.29, 0.717) is 0 Å². The largest absolute Gasteiger partial charge is 0.345 e. The van der Waals surface area contributed by atoms with E-state index >= 15 is 0 Å². The molecule has 0 aromatic rings. The fraction of sp³-hybridized carbons (Fsp3) is 0.600. The van der Waals surface area contributed by atoms with E-state index in [1.165, 1.54) is 6.26 Å². The van der Waals surface area contributed by atoms with Crippen LogP contribution in [0.1, 0.15) is 34.1 Å². The van der Waals surface area contributed by atoms with Crippen molar-refractivity contribution in [3.63, 3.8) is 0 Å². The van der Waals surface area contributed by atoms with Crippen LogP contribution in [0.5, 0.6) is 0 Å². The lowest BCUT2D eigenvalue weighted by Crippen LogP contribution is -2.21. The summed E-state index contributed by atoms with van der Waals surface area (Å²) >= 11 is 0. The molecule has 0 heterocycles. The van der Waals surface area contributed by atoms with E-state index in [2.05, 4.69) is 6.58 Å². The van der Waals surface area contributed by atoms with Crippen molar-refractivity contribution in [2.24, 2.45) is 0 Å². The molecule has 0 aliphatic heterocycles.